The van der Waals surface area contributed by atoms with Crippen molar-refractivity contribution in [2.45, 2.75) is 45.6 Å². The van der Waals surface area contributed by atoms with E-state index in [1.54, 1.807) is 0 Å². The number of hydrogen-bond donors (Lipinski definition) is 1. The average molecular weight is 328 g/mol. The molecule has 7 heteroatoms. The van der Waals surface area contributed by atoms with Gasteiger partial charge < -0.3 is 4.90 Å². The molecule has 1 aliphatic carbocycles. The van der Waals surface area contributed by atoms with Gasteiger partial charge in [0, 0.05) is 19.0 Å². The van der Waals surface area contributed by atoms with Crippen molar-refractivity contribution in [3.05, 3.63) is 24.0 Å². The van der Waals surface area contributed by atoms with Crippen LogP contribution in [0.15, 0.2) is 18.2 Å². The predicted octanol–water partition coefficient (Wildman–Crippen LogP) is 2.88. The lowest BCUT2D eigenvalue weighted by Crippen LogP contribution is -2.32. The molecule has 1 N–H and O–H groups in total. The minimum atomic E-state index is -3.56. The van der Waals surface area contributed by atoms with Gasteiger partial charge in [0.05, 0.1) is 17.1 Å². The summed E-state index contributed by atoms with van der Waals surface area (Å²) in [5.41, 5.74) is 0.537. The lowest BCUT2D eigenvalue weighted by molar-refractivity contribution is -0.116. The van der Waals surface area contributed by atoms with Crippen LogP contribution >= 0.6 is 0 Å². The van der Waals surface area contributed by atoms with Crippen molar-refractivity contribution in [3.63, 3.8) is 0 Å². The molecule has 0 aromatic heterocycles. The molecule has 0 unspecified atom stereocenters. The van der Waals surface area contributed by atoms with E-state index in [9.17, 15) is 17.6 Å². The van der Waals surface area contributed by atoms with Gasteiger partial charge in [-0.1, -0.05) is 13.3 Å². The van der Waals surface area contributed by atoms with E-state index in [2.05, 4.69) is 4.72 Å². The van der Waals surface area contributed by atoms with Crippen LogP contribution < -0.4 is 9.62 Å². The van der Waals surface area contributed by atoms with Crippen LogP contribution in [-0.4, -0.2) is 26.1 Å². The Balaban J connectivity index is 2.33. The highest BCUT2D eigenvalue weighted by Crippen LogP contribution is 2.36. The van der Waals surface area contributed by atoms with Gasteiger partial charge in [0.1, 0.15) is 5.82 Å². The van der Waals surface area contributed by atoms with Crippen molar-refractivity contribution < 1.29 is 17.6 Å². The summed E-state index contributed by atoms with van der Waals surface area (Å²) >= 11 is 0. The molecule has 0 saturated heterocycles. The van der Waals surface area contributed by atoms with Gasteiger partial charge >= 0.3 is 0 Å². The van der Waals surface area contributed by atoms with E-state index in [0.29, 0.717) is 12.1 Å². The van der Waals surface area contributed by atoms with Crippen LogP contribution in [0.5, 0.6) is 0 Å². The zero-order valence-corrected chi connectivity index (χ0v) is 13.6. The fraction of sp³-hybridized carbons (Fsp3) is 0.533. The number of halogens is 1. The molecule has 2 rings (SSSR count). The molecule has 0 heterocycles. The highest BCUT2D eigenvalue weighted by molar-refractivity contribution is 7.92. The first-order valence-corrected chi connectivity index (χ1v) is 9.09. The van der Waals surface area contributed by atoms with Gasteiger partial charge in [-0.25, -0.2) is 12.8 Å². The smallest absolute Gasteiger partial charge is 0.232 e. The monoisotopic (exact) mass is 328 g/mol. The summed E-state index contributed by atoms with van der Waals surface area (Å²) in [6.07, 6.45) is 3.02. The van der Waals surface area contributed by atoms with Gasteiger partial charge in [-0.05, 0) is 31.4 Å². The molecule has 0 spiro atoms. The first-order valence-electron chi connectivity index (χ1n) is 7.44. The number of carbonyl (C=O) groups is 1. The number of amides is 1. The summed E-state index contributed by atoms with van der Waals surface area (Å²) < 4.78 is 40.1. The third-order valence-corrected chi connectivity index (χ3v) is 4.86. The van der Waals surface area contributed by atoms with Gasteiger partial charge in [0.2, 0.25) is 15.9 Å². The quantitative estimate of drug-likeness (QED) is 0.837. The minimum Gasteiger partial charge on any atom is -0.308 e. The van der Waals surface area contributed by atoms with Gasteiger partial charge in [0.25, 0.3) is 0 Å². The van der Waals surface area contributed by atoms with Crippen molar-refractivity contribution in [1.29, 1.82) is 0 Å². The molecule has 0 bridgehead atoms. The molecule has 1 amide bonds. The summed E-state index contributed by atoms with van der Waals surface area (Å²) in [5.74, 6) is -0.748. The van der Waals surface area contributed by atoms with Crippen LogP contribution in [-0.2, 0) is 14.8 Å². The highest BCUT2D eigenvalue weighted by atomic mass is 32.2. The second kappa shape index (κ2) is 6.64. The summed E-state index contributed by atoms with van der Waals surface area (Å²) in [6.45, 7) is 3.32. The Morgan fingerprint density at radius 3 is 2.64 bits per heavy atom. The molecule has 0 radical (unpaired) electrons. The Morgan fingerprint density at radius 2 is 2.09 bits per heavy atom. The second-order valence-electron chi connectivity index (χ2n) is 5.56. The number of rotatable bonds is 7. The Labute approximate surface area is 130 Å². The first kappa shape index (κ1) is 16.7. The van der Waals surface area contributed by atoms with E-state index < -0.39 is 15.8 Å². The van der Waals surface area contributed by atoms with Gasteiger partial charge in [-0.2, -0.15) is 0 Å². The molecule has 22 heavy (non-hydrogen) atoms. The topological polar surface area (TPSA) is 66.5 Å². The average Bonchev–Trinajstić information content (AvgIpc) is 3.23. The summed E-state index contributed by atoms with van der Waals surface area (Å²) in [7, 11) is -3.56. The molecule has 1 fully saturated rings. The number of nitrogens with one attached hydrogen (secondary N) is 1. The summed E-state index contributed by atoms with van der Waals surface area (Å²) in [5, 5.41) is 0. The summed E-state index contributed by atoms with van der Waals surface area (Å²) in [4.78, 5) is 13.4. The lowest BCUT2D eigenvalue weighted by Gasteiger charge is -2.24. The van der Waals surface area contributed by atoms with E-state index in [-0.39, 0.29) is 23.4 Å². The number of unbranched alkanes of at least 4 members (excludes halogenated alkanes) is 1. The first-order chi connectivity index (χ1) is 10.3. The van der Waals surface area contributed by atoms with Crippen LogP contribution in [0.2, 0.25) is 0 Å². The molecule has 5 nitrogen and oxygen atoms in total. The highest BCUT2D eigenvalue weighted by Gasteiger charge is 2.33. The largest absolute Gasteiger partial charge is 0.308 e. The summed E-state index contributed by atoms with van der Waals surface area (Å²) in [6, 6.07) is 3.88. The third kappa shape index (κ3) is 4.19. The van der Waals surface area contributed by atoms with E-state index in [0.717, 1.165) is 25.3 Å². The molecule has 1 saturated carbocycles. The SMILES string of the molecule is CCCCS(=O)(=O)Nc1cc(F)ccc1N(C(C)=O)C1CC1. The van der Waals surface area contributed by atoms with Gasteiger partial charge in [-0.3, -0.25) is 9.52 Å². The van der Waals surface area contributed by atoms with Crippen LogP contribution in [0.25, 0.3) is 0 Å². The van der Waals surface area contributed by atoms with E-state index in [1.165, 1.54) is 24.0 Å². The fourth-order valence-corrected chi connectivity index (χ4v) is 3.58. The normalized spacial score (nSPS) is 14.7. The maximum Gasteiger partial charge on any atom is 0.232 e. The van der Waals surface area contributed by atoms with Crippen molar-refractivity contribution in [2.75, 3.05) is 15.4 Å². The molecule has 0 atom stereocenters. The fourth-order valence-electron chi connectivity index (χ4n) is 2.31. The Bertz CT molecular complexity index is 657. The molecular weight excluding hydrogens is 307 g/mol. The third-order valence-electron chi connectivity index (χ3n) is 3.50. The van der Waals surface area contributed by atoms with Gasteiger partial charge in [-0.15, -0.1) is 0 Å². The van der Waals surface area contributed by atoms with Crippen LogP contribution in [0.3, 0.4) is 0 Å². The Morgan fingerprint density at radius 1 is 1.41 bits per heavy atom. The standard InChI is InChI=1S/C15H21FN2O3S/c1-3-4-9-22(20,21)17-14-10-12(16)5-8-15(14)18(11(2)19)13-6-7-13/h5,8,10,13,17H,3-4,6-7,9H2,1-2H3. The molecule has 122 valence electrons. The molecule has 0 aliphatic heterocycles. The zero-order valence-electron chi connectivity index (χ0n) is 12.8. The van der Waals surface area contributed by atoms with E-state index >= 15 is 0 Å². The van der Waals surface area contributed by atoms with Crippen molar-refractivity contribution in [2.24, 2.45) is 0 Å². The predicted molar refractivity (Wildman–Crippen MR) is 84.9 cm³/mol. The number of anilines is 2. The Kier molecular flexibility index (Phi) is 5.05. The number of carbonyl (C=O) groups excluding carboxylic acids is 1. The van der Waals surface area contributed by atoms with E-state index in [4.69, 9.17) is 0 Å². The lowest BCUT2D eigenvalue weighted by atomic mass is 10.2. The number of sulfonamides is 1. The van der Waals surface area contributed by atoms with Crippen LogP contribution in [0.4, 0.5) is 15.8 Å². The molecular formula is C15H21FN2O3S. The van der Waals surface area contributed by atoms with Crippen molar-refractivity contribution in [3.8, 4) is 0 Å². The minimum absolute atomic E-state index is 0.0248. The van der Waals surface area contributed by atoms with Crippen LogP contribution in [0.1, 0.15) is 39.5 Å². The van der Waals surface area contributed by atoms with Crippen LogP contribution in [0, 0.1) is 5.82 Å². The van der Waals surface area contributed by atoms with E-state index in [1.807, 2.05) is 6.92 Å². The maximum absolute atomic E-state index is 13.5. The number of benzene rings is 1. The molecule has 1 aliphatic rings. The Hall–Kier alpha value is -1.63. The van der Waals surface area contributed by atoms with Crippen molar-refractivity contribution in [1.82, 2.24) is 0 Å². The molecule has 1 aromatic carbocycles. The zero-order chi connectivity index (χ0) is 16.3. The second-order valence-corrected chi connectivity index (χ2v) is 7.40. The maximum atomic E-state index is 13.5. The number of nitrogens with zero attached hydrogens (tertiary/aromatic N) is 1. The number of hydrogen-bond acceptors (Lipinski definition) is 3. The van der Waals surface area contributed by atoms with Gasteiger partial charge in [0.15, 0.2) is 0 Å². The van der Waals surface area contributed by atoms with Crippen molar-refractivity contribution >= 4 is 27.3 Å². The molecule has 1 aromatic rings.